The summed E-state index contributed by atoms with van der Waals surface area (Å²) in [5.74, 6) is 0.700. The van der Waals surface area contributed by atoms with Crippen molar-refractivity contribution in [3.63, 3.8) is 0 Å². The van der Waals surface area contributed by atoms with Gasteiger partial charge in [-0.1, -0.05) is 42.4 Å². The normalized spacial score (nSPS) is 20.8. The van der Waals surface area contributed by atoms with E-state index in [4.69, 9.17) is 26.3 Å². The van der Waals surface area contributed by atoms with Crippen LogP contribution in [0.25, 0.3) is 10.8 Å². The number of hydrogen-bond donors (Lipinski definition) is 0. The van der Waals surface area contributed by atoms with Crippen molar-refractivity contribution in [1.29, 1.82) is 5.26 Å². The van der Waals surface area contributed by atoms with Crippen LogP contribution in [0.1, 0.15) is 37.4 Å². The molecule has 2 aromatic carbocycles. The molecule has 1 aromatic heterocycles. The largest absolute Gasteiger partial charge is 0.463 e. The van der Waals surface area contributed by atoms with Gasteiger partial charge in [0.25, 0.3) is 0 Å². The number of carbonyl (C=O) groups is 1. The average Bonchev–Trinajstić information content (AvgIpc) is 3.77. The fourth-order valence-corrected chi connectivity index (χ4v) is 7.15. The first-order chi connectivity index (χ1) is 21.2. The first-order valence-electron chi connectivity index (χ1n) is 15.4. The standard InChI is InChI=1S/C34H40ClN7O2/c1-5-30(43)41-17-16-40(19-25(41)12-15-36)32-26-18-23(2)42(29-11-7-9-24-8-6-10-27(35)31(24)29)20-28(26)37-33(38-32)44-22-34(13-14-34)21-39(3)4/h5-11,23,25H,1,12-14,16-22H2,2-4H3/t23-,25-/m0/s1. The molecule has 3 aromatic rings. The highest BCUT2D eigenvalue weighted by Crippen LogP contribution is 2.46. The quantitative estimate of drug-likeness (QED) is 0.309. The molecule has 2 fully saturated rings. The Hall–Kier alpha value is -3.87. The van der Waals surface area contributed by atoms with Crippen molar-refractivity contribution in [3.8, 4) is 12.1 Å². The molecule has 6 rings (SSSR count). The summed E-state index contributed by atoms with van der Waals surface area (Å²) in [5.41, 5.74) is 3.26. The summed E-state index contributed by atoms with van der Waals surface area (Å²) in [7, 11) is 4.19. The molecule has 1 saturated heterocycles. The monoisotopic (exact) mass is 613 g/mol. The van der Waals surface area contributed by atoms with Crippen LogP contribution in [-0.2, 0) is 17.8 Å². The first-order valence-corrected chi connectivity index (χ1v) is 15.8. The predicted molar refractivity (Wildman–Crippen MR) is 174 cm³/mol. The van der Waals surface area contributed by atoms with Crippen LogP contribution in [0.2, 0.25) is 5.02 Å². The number of carbonyl (C=O) groups excluding carboxylic acids is 1. The molecule has 3 aliphatic rings. The molecular formula is C34H40ClN7O2. The summed E-state index contributed by atoms with van der Waals surface area (Å²) in [4.78, 5) is 31.2. The van der Waals surface area contributed by atoms with E-state index in [0.29, 0.717) is 38.8 Å². The van der Waals surface area contributed by atoms with E-state index in [1.165, 1.54) is 6.08 Å². The summed E-state index contributed by atoms with van der Waals surface area (Å²) in [5, 5.41) is 12.4. The topological polar surface area (TPSA) is 88.8 Å². The molecule has 10 heteroatoms. The maximum atomic E-state index is 12.6. The van der Waals surface area contributed by atoms with Gasteiger partial charge in [-0.25, -0.2) is 0 Å². The van der Waals surface area contributed by atoms with E-state index in [0.717, 1.165) is 64.4 Å². The number of piperazine rings is 1. The predicted octanol–water partition coefficient (Wildman–Crippen LogP) is 5.07. The number of rotatable bonds is 9. The Bertz CT molecular complexity index is 1610. The lowest BCUT2D eigenvalue weighted by molar-refractivity contribution is -0.128. The van der Waals surface area contributed by atoms with Gasteiger partial charge in [-0.15, -0.1) is 0 Å². The maximum Gasteiger partial charge on any atom is 0.318 e. The molecule has 0 radical (unpaired) electrons. The molecule has 0 N–H and O–H groups in total. The first kappa shape index (κ1) is 30.2. The summed E-state index contributed by atoms with van der Waals surface area (Å²) in [6, 6.07) is 14.9. The van der Waals surface area contributed by atoms with Crippen molar-refractivity contribution >= 4 is 39.8 Å². The Morgan fingerprint density at radius 1 is 1.23 bits per heavy atom. The zero-order chi connectivity index (χ0) is 31.0. The van der Waals surface area contributed by atoms with Crippen LogP contribution < -0.4 is 14.5 Å². The number of anilines is 2. The molecule has 230 valence electrons. The second-order valence-electron chi connectivity index (χ2n) is 12.8. The Morgan fingerprint density at radius 2 is 2.00 bits per heavy atom. The highest BCUT2D eigenvalue weighted by molar-refractivity contribution is 6.36. The minimum Gasteiger partial charge on any atom is -0.463 e. The van der Waals surface area contributed by atoms with E-state index >= 15 is 0 Å². The third kappa shape index (κ3) is 5.93. The van der Waals surface area contributed by atoms with Gasteiger partial charge in [0, 0.05) is 54.3 Å². The summed E-state index contributed by atoms with van der Waals surface area (Å²) in [6.07, 6.45) is 4.57. The lowest BCUT2D eigenvalue weighted by Gasteiger charge is -2.43. The second kappa shape index (κ2) is 12.3. The Kier molecular flexibility index (Phi) is 8.40. The van der Waals surface area contributed by atoms with Gasteiger partial charge >= 0.3 is 6.01 Å². The minimum absolute atomic E-state index is 0.137. The number of benzene rings is 2. The van der Waals surface area contributed by atoms with Crippen LogP contribution in [-0.4, -0.2) is 84.6 Å². The molecule has 1 saturated carbocycles. The van der Waals surface area contributed by atoms with E-state index in [1.54, 1.807) is 4.90 Å². The SMILES string of the molecule is C=CC(=O)N1CCN(c2nc(OCC3(CN(C)C)CC3)nc3c2C[C@H](C)N(c2cccc4cccc(Cl)c24)C3)C[C@@H]1CC#N. The van der Waals surface area contributed by atoms with Gasteiger partial charge in [0.1, 0.15) is 5.82 Å². The van der Waals surface area contributed by atoms with Gasteiger partial charge < -0.3 is 24.3 Å². The molecule has 2 atom stereocenters. The van der Waals surface area contributed by atoms with Crippen molar-refractivity contribution in [2.24, 2.45) is 5.41 Å². The summed E-state index contributed by atoms with van der Waals surface area (Å²) >= 11 is 6.75. The molecule has 0 spiro atoms. The van der Waals surface area contributed by atoms with E-state index < -0.39 is 0 Å². The van der Waals surface area contributed by atoms with E-state index in [-0.39, 0.29) is 29.8 Å². The molecule has 0 bridgehead atoms. The third-order valence-corrected chi connectivity index (χ3v) is 9.54. The number of nitrogens with zero attached hydrogens (tertiary/aromatic N) is 7. The van der Waals surface area contributed by atoms with Crippen LogP contribution >= 0.6 is 11.6 Å². The van der Waals surface area contributed by atoms with E-state index in [2.05, 4.69) is 72.6 Å². The number of nitriles is 1. The zero-order valence-corrected chi connectivity index (χ0v) is 26.6. The fourth-order valence-electron chi connectivity index (χ4n) is 6.87. The number of amides is 1. The molecule has 0 unspecified atom stereocenters. The van der Waals surface area contributed by atoms with E-state index in [9.17, 15) is 10.1 Å². The molecule has 1 amide bonds. The van der Waals surface area contributed by atoms with Gasteiger partial charge in [-0.05, 0) is 63.9 Å². The molecule has 1 aliphatic carbocycles. The molecular weight excluding hydrogens is 574 g/mol. The van der Waals surface area contributed by atoms with Crippen LogP contribution in [0, 0.1) is 16.7 Å². The van der Waals surface area contributed by atoms with Gasteiger partial charge in [0.05, 0.1) is 42.4 Å². The van der Waals surface area contributed by atoms with Gasteiger partial charge in [-0.2, -0.15) is 15.2 Å². The summed E-state index contributed by atoms with van der Waals surface area (Å²) in [6.45, 7) is 9.62. The van der Waals surface area contributed by atoms with Gasteiger partial charge in [0.2, 0.25) is 5.91 Å². The Balaban J connectivity index is 1.37. The number of aromatic nitrogens is 2. The van der Waals surface area contributed by atoms with Crippen molar-refractivity contribution in [2.45, 2.75) is 51.2 Å². The van der Waals surface area contributed by atoms with Crippen LogP contribution in [0.4, 0.5) is 11.5 Å². The highest BCUT2D eigenvalue weighted by atomic mass is 35.5. The Morgan fingerprint density at radius 3 is 2.70 bits per heavy atom. The van der Waals surface area contributed by atoms with E-state index in [1.807, 2.05) is 12.1 Å². The number of hydrogen-bond acceptors (Lipinski definition) is 8. The summed E-state index contributed by atoms with van der Waals surface area (Å²) < 4.78 is 6.39. The molecule has 3 heterocycles. The molecule has 2 aliphatic heterocycles. The lowest BCUT2D eigenvalue weighted by atomic mass is 9.96. The number of halogens is 1. The lowest BCUT2D eigenvalue weighted by Crippen LogP contribution is -2.55. The van der Waals surface area contributed by atoms with Crippen molar-refractivity contribution in [3.05, 3.63) is 65.3 Å². The average molecular weight is 614 g/mol. The Labute approximate surface area is 264 Å². The number of ether oxygens (including phenoxy) is 1. The van der Waals surface area contributed by atoms with Gasteiger partial charge in [-0.3, -0.25) is 4.79 Å². The van der Waals surface area contributed by atoms with Crippen molar-refractivity contribution in [2.75, 3.05) is 56.7 Å². The van der Waals surface area contributed by atoms with Crippen molar-refractivity contribution < 1.29 is 9.53 Å². The smallest absolute Gasteiger partial charge is 0.318 e. The van der Waals surface area contributed by atoms with Crippen molar-refractivity contribution in [1.82, 2.24) is 19.8 Å². The highest BCUT2D eigenvalue weighted by Gasteiger charge is 2.44. The van der Waals surface area contributed by atoms with Crippen LogP contribution in [0.3, 0.4) is 0 Å². The fraction of sp³-hybridized carbons (Fsp3) is 0.471. The third-order valence-electron chi connectivity index (χ3n) is 9.23. The molecule has 44 heavy (non-hydrogen) atoms. The maximum absolute atomic E-state index is 12.6. The minimum atomic E-state index is -0.251. The number of fused-ring (bicyclic) bond motifs is 2. The van der Waals surface area contributed by atoms with Crippen LogP contribution in [0.5, 0.6) is 6.01 Å². The van der Waals surface area contributed by atoms with Crippen LogP contribution in [0.15, 0.2) is 49.1 Å². The van der Waals surface area contributed by atoms with Gasteiger partial charge in [0.15, 0.2) is 0 Å². The molecule has 9 nitrogen and oxygen atoms in total. The second-order valence-corrected chi connectivity index (χ2v) is 13.2. The zero-order valence-electron chi connectivity index (χ0n) is 25.8.